The third-order valence-corrected chi connectivity index (χ3v) is 4.65. The van der Waals surface area contributed by atoms with Crippen LogP contribution in [0.4, 0.5) is 10.5 Å². The minimum absolute atomic E-state index is 0.214. The largest absolute Gasteiger partial charge is 0.358 e. The zero-order valence-electron chi connectivity index (χ0n) is 13.1. The van der Waals surface area contributed by atoms with E-state index >= 15 is 0 Å². The summed E-state index contributed by atoms with van der Waals surface area (Å²) in [6, 6.07) is 8.04. The summed E-state index contributed by atoms with van der Waals surface area (Å²) in [5, 5.41) is 10.8. The Morgan fingerprint density at radius 3 is 3.00 bits per heavy atom. The number of hydrogen-bond acceptors (Lipinski definition) is 3. The maximum Gasteiger partial charge on any atom is 0.319 e. The van der Waals surface area contributed by atoms with Crippen molar-refractivity contribution < 1.29 is 4.79 Å². The number of H-pyrrole nitrogens is 1. The Morgan fingerprint density at radius 2 is 2.22 bits per heavy atom. The number of benzene rings is 1. The number of carbonyl (C=O) groups excluding carboxylic acids is 1. The first kappa shape index (κ1) is 15.5. The molecule has 1 aromatic carbocycles. The predicted molar refractivity (Wildman–Crippen MR) is 94.0 cm³/mol. The van der Waals surface area contributed by atoms with Crippen molar-refractivity contribution in [3.05, 3.63) is 42.4 Å². The van der Waals surface area contributed by atoms with E-state index in [9.17, 15) is 4.79 Å². The summed E-state index contributed by atoms with van der Waals surface area (Å²) in [7, 11) is 1.81. The number of para-hydroxylation sites is 1. The molecule has 0 radical (unpaired) electrons. The summed E-state index contributed by atoms with van der Waals surface area (Å²) in [4.78, 5) is 16.4. The Morgan fingerprint density at radius 1 is 1.39 bits per heavy atom. The van der Waals surface area contributed by atoms with Gasteiger partial charge in [-0.3, -0.25) is 4.68 Å². The zero-order chi connectivity index (χ0) is 16.2. The standard InChI is InChI=1S/C16H19N5OS/c1-11-15(13-5-3-4-6-14(13)19-11)23-8-7-17-16(22)20-12-9-18-21(2)10-12/h3-6,9-10,19H,7-8H2,1-2H3,(H2,17,20,22). The van der Waals surface area contributed by atoms with Gasteiger partial charge in [0, 0.05) is 47.0 Å². The summed E-state index contributed by atoms with van der Waals surface area (Å²) in [6.07, 6.45) is 3.37. The summed E-state index contributed by atoms with van der Waals surface area (Å²) >= 11 is 1.75. The minimum Gasteiger partial charge on any atom is -0.358 e. The highest BCUT2D eigenvalue weighted by molar-refractivity contribution is 7.99. The lowest BCUT2D eigenvalue weighted by Gasteiger charge is -2.06. The maximum absolute atomic E-state index is 11.8. The van der Waals surface area contributed by atoms with Gasteiger partial charge in [0.15, 0.2) is 0 Å². The van der Waals surface area contributed by atoms with Crippen LogP contribution in [-0.2, 0) is 7.05 Å². The first-order valence-corrected chi connectivity index (χ1v) is 8.35. The Kier molecular flexibility index (Phi) is 4.57. The fourth-order valence-corrected chi connectivity index (χ4v) is 3.42. The van der Waals surface area contributed by atoms with Gasteiger partial charge >= 0.3 is 6.03 Å². The molecule has 0 saturated heterocycles. The van der Waals surface area contributed by atoms with E-state index in [1.54, 1.807) is 28.8 Å². The highest BCUT2D eigenvalue weighted by Gasteiger charge is 2.08. The molecule has 2 aromatic heterocycles. The fraction of sp³-hybridized carbons (Fsp3) is 0.250. The first-order valence-electron chi connectivity index (χ1n) is 7.37. The molecule has 0 spiro atoms. The normalized spacial score (nSPS) is 10.9. The molecule has 3 aromatic rings. The van der Waals surface area contributed by atoms with Gasteiger partial charge in [0.05, 0.1) is 11.9 Å². The van der Waals surface area contributed by atoms with E-state index in [0.717, 1.165) is 17.0 Å². The van der Waals surface area contributed by atoms with Gasteiger partial charge < -0.3 is 15.6 Å². The monoisotopic (exact) mass is 329 g/mol. The molecule has 0 fully saturated rings. The van der Waals surface area contributed by atoms with E-state index < -0.39 is 0 Å². The molecule has 3 rings (SSSR count). The highest BCUT2D eigenvalue weighted by Crippen LogP contribution is 2.30. The van der Waals surface area contributed by atoms with Gasteiger partial charge in [0.1, 0.15) is 0 Å². The third-order valence-electron chi connectivity index (χ3n) is 3.43. The molecule has 0 aliphatic carbocycles. The number of aromatic amines is 1. The molecule has 7 heteroatoms. The highest BCUT2D eigenvalue weighted by atomic mass is 32.2. The SMILES string of the molecule is Cc1[nH]c2ccccc2c1SCCNC(=O)Nc1cnn(C)c1. The zero-order valence-corrected chi connectivity index (χ0v) is 13.9. The van der Waals surface area contributed by atoms with Gasteiger partial charge in [-0.1, -0.05) is 18.2 Å². The average Bonchev–Trinajstić information content (AvgIpc) is 3.06. The summed E-state index contributed by atoms with van der Waals surface area (Å²) in [6.45, 7) is 2.67. The molecule has 2 amide bonds. The van der Waals surface area contributed by atoms with Crippen LogP contribution in [0.25, 0.3) is 10.9 Å². The first-order chi connectivity index (χ1) is 11.1. The van der Waals surface area contributed by atoms with E-state index in [1.807, 2.05) is 19.2 Å². The number of nitrogens with zero attached hydrogens (tertiary/aromatic N) is 2. The van der Waals surface area contributed by atoms with Crippen molar-refractivity contribution in [3.63, 3.8) is 0 Å². The van der Waals surface area contributed by atoms with E-state index in [1.165, 1.54) is 10.3 Å². The second kappa shape index (κ2) is 6.78. The number of fused-ring (bicyclic) bond motifs is 1. The molecule has 0 aliphatic rings. The topological polar surface area (TPSA) is 74.7 Å². The van der Waals surface area contributed by atoms with Crippen LogP contribution in [0.3, 0.4) is 0 Å². The van der Waals surface area contributed by atoms with Crippen LogP contribution < -0.4 is 10.6 Å². The Balaban J connectivity index is 1.49. The average molecular weight is 329 g/mol. The molecular weight excluding hydrogens is 310 g/mol. The summed E-state index contributed by atoms with van der Waals surface area (Å²) in [5.74, 6) is 0.809. The number of amides is 2. The Bertz CT molecular complexity index is 823. The van der Waals surface area contributed by atoms with E-state index in [4.69, 9.17) is 0 Å². The van der Waals surface area contributed by atoms with Crippen molar-refractivity contribution in [2.45, 2.75) is 11.8 Å². The van der Waals surface area contributed by atoms with Crippen LogP contribution >= 0.6 is 11.8 Å². The fourth-order valence-electron chi connectivity index (χ4n) is 2.42. The number of thioether (sulfide) groups is 1. The molecule has 23 heavy (non-hydrogen) atoms. The number of anilines is 1. The Labute approximate surface area is 138 Å². The molecule has 0 unspecified atom stereocenters. The number of rotatable bonds is 5. The number of nitrogens with one attached hydrogen (secondary N) is 3. The van der Waals surface area contributed by atoms with Crippen LogP contribution in [-0.4, -0.2) is 33.1 Å². The maximum atomic E-state index is 11.8. The predicted octanol–water partition coefficient (Wildman–Crippen LogP) is 3.12. The second-order valence-electron chi connectivity index (χ2n) is 5.26. The van der Waals surface area contributed by atoms with Crippen LogP contribution in [0.15, 0.2) is 41.6 Å². The van der Waals surface area contributed by atoms with E-state index in [-0.39, 0.29) is 6.03 Å². The summed E-state index contributed by atoms with van der Waals surface area (Å²) in [5.41, 5.74) is 3.00. The lowest BCUT2D eigenvalue weighted by atomic mass is 10.2. The van der Waals surface area contributed by atoms with E-state index in [0.29, 0.717) is 12.2 Å². The van der Waals surface area contributed by atoms with Gasteiger partial charge in [-0.15, -0.1) is 11.8 Å². The second-order valence-corrected chi connectivity index (χ2v) is 6.36. The van der Waals surface area contributed by atoms with Crippen molar-refractivity contribution in [2.75, 3.05) is 17.6 Å². The number of hydrogen-bond donors (Lipinski definition) is 3. The van der Waals surface area contributed by atoms with Crippen molar-refractivity contribution in [2.24, 2.45) is 7.05 Å². The van der Waals surface area contributed by atoms with Crippen LogP contribution in [0, 0.1) is 6.92 Å². The molecule has 6 nitrogen and oxygen atoms in total. The van der Waals surface area contributed by atoms with Gasteiger partial charge in [0.2, 0.25) is 0 Å². The van der Waals surface area contributed by atoms with Crippen molar-refractivity contribution in [1.29, 1.82) is 0 Å². The minimum atomic E-state index is -0.214. The van der Waals surface area contributed by atoms with Gasteiger partial charge in [0.25, 0.3) is 0 Å². The van der Waals surface area contributed by atoms with Gasteiger partial charge in [-0.25, -0.2) is 4.79 Å². The number of aryl methyl sites for hydroxylation is 2. The van der Waals surface area contributed by atoms with Gasteiger partial charge in [-0.2, -0.15) is 5.10 Å². The lowest BCUT2D eigenvalue weighted by Crippen LogP contribution is -2.30. The number of carbonyl (C=O) groups is 1. The van der Waals surface area contributed by atoms with Crippen molar-refractivity contribution in [1.82, 2.24) is 20.1 Å². The molecule has 3 N–H and O–H groups in total. The third kappa shape index (κ3) is 3.68. The lowest BCUT2D eigenvalue weighted by molar-refractivity contribution is 0.252. The molecule has 120 valence electrons. The van der Waals surface area contributed by atoms with E-state index in [2.05, 4.69) is 39.8 Å². The molecule has 0 atom stereocenters. The van der Waals surface area contributed by atoms with Crippen molar-refractivity contribution >= 4 is 34.4 Å². The number of aromatic nitrogens is 3. The molecule has 0 saturated carbocycles. The number of urea groups is 1. The molecule has 0 aliphatic heterocycles. The molecule has 2 heterocycles. The quantitative estimate of drug-likeness (QED) is 0.497. The van der Waals surface area contributed by atoms with Crippen LogP contribution in [0.2, 0.25) is 0 Å². The van der Waals surface area contributed by atoms with Crippen molar-refractivity contribution in [3.8, 4) is 0 Å². The molecular formula is C16H19N5OS. The van der Waals surface area contributed by atoms with Gasteiger partial charge in [-0.05, 0) is 13.0 Å². The van der Waals surface area contributed by atoms with Crippen LogP contribution in [0.5, 0.6) is 0 Å². The smallest absolute Gasteiger partial charge is 0.319 e. The Hall–Kier alpha value is -2.41. The van der Waals surface area contributed by atoms with Crippen LogP contribution in [0.1, 0.15) is 5.69 Å². The molecule has 0 bridgehead atoms. The summed E-state index contributed by atoms with van der Waals surface area (Å²) < 4.78 is 1.64.